The van der Waals surface area contributed by atoms with E-state index in [1.165, 1.54) is 118 Å². The van der Waals surface area contributed by atoms with Gasteiger partial charge in [0.15, 0.2) is 0 Å². The molecular formula is C5H28B16. The Morgan fingerprint density at radius 1 is 0.714 bits per heavy atom. The smallest absolute Gasteiger partial charge is 0.0922 e. The molecule has 0 amide bonds. The normalized spacial score (nSPS) is 8.29. The molecule has 0 spiro atoms. The fourth-order valence-corrected chi connectivity index (χ4v) is 3.21. The molecular weight excluding hydrogens is 233 g/mol. The molecule has 0 aliphatic rings. The van der Waals surface area contributed by atoms with Crippen LogP contribution in [0.15, 0.2) is 0 Å². The van der Waals surface area contributed by atoms with Crippen LogP contribution in [0.5, 0.6) is 0 Å². The number of hydrogen-bond acceptors (Lipinski definition) is 0. The van der Waals surface area contributed by atoms with Gasteiger partial charge in [-0.1, -0.05) is 32.9 Å². The summed E-state index contributed by atoms with van der Waals surface area (Å²) in [6.07, 6.45) is 4.25. The van der Waals surface area contributed by atoms with Crippen molar-refractivity contribution in [3.8, 4) is 0 Å². The van der Waals surface area contributed by atoms with Crippen molar-refractivity contribution >= 4 is 113 Å². The van der Waals surface area contributed by atoms with Crippen LogP contribution in [0.4, 0.5) is 0 Å². The van der Waals surface area contributed by atoms with Crippen LogP contribution in [0.1, 0.15) is 19.8 Å². The topological polar surface area (TPSA) is 0 Å². The molecule has 0 bridgehead atoms. The SMILES string of the molecule is BBBBBBBBBBBBBBBB(C)CCCC. The molecule has 0 saturated carbocycles. The Kier molecular flexibility index (Phi) is 20.0. The minimum atomic E-state index is 0.970. The fraction of sp³-hybridized carbons (Fsp3) is 1.00. The lowest BCUT2D eigenvalue weighted by Gasteiger charge is -2.03. The second-order valence-electron chi connectivity index (χ2n) is 7.28. The van der Waals surface area contributed by atoms with E-state index in [0.717, 1.165) is 6.60 Å². The second kappa shape index (κ2) is 19.1. The highest BCUT2D eigenvalue weighted by molar-refractivity contribution is 7.73. The molecule has 0 atom stereocenters. The average Bonchev–Trinajstić information content (AvgIpc) is 2.49. The molecule has 21 heavy (non-hydrogen) atoms. The summed E-state index contributed by atoms with van der Waals surface area (Å²) < 4.78 is 0. The summed E-state index contributed by atoms with van der Waals surface area (Å²) in [7, 11) is 22.9. The van der Waals surface area contributed by atoms with Crippen LogP contribution in [-0.4, -0.2) is 113 Å². The van der Waals surface area contributed by atoms with E-state index in [4.69, 9.17) is 0 Å². The number of rotatable bonds is 17. The number of hydrogen-bond donors (Lipinski definition) is 0. The van der Waals surface area contributed by atoms with E-state index in [2.05, 4.69) is 21.5 Å². The van der Waals surface area contributed by atoms with Gasteiger partial charge in [-0.2, -0.15) is 0 Å². The van der Waals surface area contributed by atoms with Crippen LogP contribution in [0.2, 0.25) is 13.1 Å². The zero-order chi connectivity index (χ0) is 15.6. The summed E-state index contributed by atoms with van der Waals surface area (Å²) in [5, 5.41) is 0. The molecule has 0 fully saturated rings. The standard InChI is InChI=1S/C5H28B16/c1-3-4-5-21(2)20-19-18-17-16-15-14-13-12-11-10-9-8-7-6/h7-20H,3-6H2,1-2H3. The monoisotopic (exact) mass is 264 g/mol. The third kappa shape index (κ3) is 19.0. The Labute approximate surface area is 146 Å². The first kappa shape index (κ1) is 22.0. The molecule has 0 nitrogen and oxygen atoms in total. The fourth-order valence-electron chi connectivity index (χ4n) is 3.21. The third-order valence-corrected chi connectivity index (χ3v) is 4.85. The van der Waals surface area contributed by atoms with Crippen molar-refractivity contribution in [2.45, 2.75) is 32.9 Å². The molecule has 0 aliphatic carbocycles. The van der Waals surface area contributed by atoms with Crippen LogP contribution < -0.4 is 0 Å². The second-order valence-corrected chi connectivity index (χ2v) is 7.28. The summed E-state index contributed by atoms with van der Waals surface area (Å²) >= 11 is 0. The lowest BCUT2D eigenvalue weighted by Crippen LogP contribution is -2.36. The maximum atomic E-state index is 2.44. The van der Waals surface area contributed by atoms with Crippen LogP contribution in [-0.2, 0) is 0 Å². The quantitative estimate of drug-likeness (QED) is 0.180. The van der Waals surface area contributed by atoms with Gasteiger partial charge in [-0.15, -0.1) is 0 Å². The van der Waals surface area contributed by atoms with Gasteiger partial charge in [0, 0.05) is 91.8 Å². The molecule has 16 heteroatoms. The van der Waals surface area contributed by atoms with Crippen molar-refractivity contribution < 1.29 is 0 Å². The molecule has 0 saturated heterocycles. The van der Waals surface area contributed by atoms with Gasteiger partial charge in [-0.3, -0.25) is 0 Å². The predicted molar refractivity (Wildman–Crippen MR) is 140 cm³/mol. The lowest BCUT2D eigenvalue weighted by atomic mass is 8.84. The summed E-state index contributed by atoms with van der Waals surface area (Å²) in [6.45, 7) is 5.71. The van der Waals surface area contributed by atoms with Gasteiger partial charge < -0.3 is 0 Å². The van der Waals surface area contributed by atoms with Crippen LogP contribution in [0.25, 0.3) is 0 Å². The molecule has 0 radical (unpaired) electrons. The van der Waals surface area contributed by atoms with Crippen molar-refractivity contribution in [3.63, 3.8) is 0 Å². The van der Waals surface area contributed by atoms with Gasteiger partial charge >= 0.3 is 0 Å². The van der Waals surface area contributed by atoms with E-state index in [0.29, 0.717) is 0 Å². The first-order valence-electron chi connectivity index (χ1n) is 10.3. The van der Waals surface area contributed by atoms with Crippen LogP contribution >= 0.6 is 0 Å². The Bertz CT molecular complexity index is 190. The molecule has 0 aliphatic heterocycles. The van der Waals surface area contributed by atoms with Gasteiger partial charge in [0.05, 0.1) is 21.4 Å². The Hall–Kier alpha value is 1.04. The first-order chi connectivity index (χ1) is 10.3. The summed E-state index contributed by atoms with van der Waals surface area (Å²) in [4.78, 5) is 0. The van der Waals surface area contributed by atoms with E-state index >= 15 is 0 Å². The molecule has 96 valence electrons. The Morgan fingerprint density at radius 2 is 1.14 bits per heavy atom. The third-order valence-electron chi connectivity index (χ3n) is 4.85. The maximum Gasteiger partial charge on any atom is 0.0922 e. The van der Waals surface area contributed by atoms with E-state index in [-0.39, 0.29) is 0 Å². The molecule has 0 N–H and O–H groups in total. The summed E-state index contributed by atoms with van der Waals surface area (Å²) in [5.74, 6) is 0. The maximum absolute atomic E-state index is 2.44. The zero-order valence-corrected chi connectivity index (χ0v) is 15.6. The minimum absolute atomic E-state index is 0.970. The first-order valence-corrected chi connectivity index (χ1v) is 10.3. The average molecular weight is 261 g/mol. The van der Waals surface area contributed by atoms with Crippen molar-refractivity contribution in [2.75, 3.05) is 0 Å². The van der Waals surface area contributed by atoms with Gasteiger partial charge in [0.2, 0.25) is 0 Å². The van der Waals surface area contributed by atoms with Crippen molar-refractivity contribution in [1.29, 1.82) is 0 Å². The summed E-state index contributed by atoms with van der Waals surface area (Å²) in [6, 6.07) is 0. The van der Waals surface area contributed by atoms with Crippen LogP contribution in [0.3, 0.4) is 0 Å². The Balaban J connectivity index is 3.02. The van der Waals surface area contributed by atoms with Gasteiger partial charge in [0.25, 0.3) is 0 Å². The van der Waals surface area contributed by atoms with Crippen LogP contribution in [0, 0.1) is 0 Å². The molecule has 0 aromatic carbocycles. The highest BCUT2D eigenvalue weighted by Crippen LogP contribution is 1.98. The van der Waals surface area contributed by atoms with Gasteiger partial charge in [-0.25, -0.2) is 0 Å². The lowest BCUT2D eigenvalue weighted by molar-refractivity contribution is 0.878. The highest BCUT2D eigenvalue weighted by Gasteiger charge is 2.08. The summed E-state index contributed by atoms with van der Waals surface area (Å²) in [5.41, 5.74) is 0. The zero-order valence-electron chi connectivity index (χ0n) is 15.6. The van der Waals surface area contributed by atoms with Crippen molar-refractivity contribution in [1.82, 2.24) is 0 Å². The Morgan fingerprint density at radius 3 is 1.57 bits per heavy atom. The molecule has 0 heterocycles. The molecule has 0 aromatic heterocycles. The predicted octanol–water partition coefficient (Wildman–Crippen LogP) is -8.04. The minimum Gasteiger partial charge on any atom is -0.0930 e. The molecule has 0 unspecified atom stereocenters. The largest absolute Gasteiger partial charge is 0.0930 e. The van der Waals surface area contributed by atoms with E-state index < -0.39 is 0 Å². The van der Waals surface area contributed by atoms with E-state index in [1.807, 2.05) is 0 Å². The van der Waals surface area contributed by atoms with Gasteiger partial charge in [0.1, 0.15) is 0 Å². The molecule has 0 rings (SSSR count). The van der Waals surface area contributed by atoms with Crippen molar-refractivity contribution in [2.24, 2.45) is 0 Å². The highest BCUT2D eigenvalue weighted by atomic mass is 13.7. The van der Waals surface area contributed by atoms with E-state index in [1.54, 1.807) is 0 Å². The van der Waals surface area contributed by atoms with Crippen molar-refractivity contribution in [3.05, 3.63) is 0 Å². The van der Waals surface area contributed by atoms with E-state index in [9.17, 15) is 0 Å². The number of unbranched alkanes of at least 4 members (excludes halogenated alkanes) is 1. The van der Waals surface area contributed by atoms with Gasteiger partial charge in [-0.05, 0) is 0 Å². The molecule has 0 aromatic rings.